The van der Waals surface area contributed by atoms with Gasteiger partial charge in [-0.3, -0.25) is 0 Å². The number of aromatic nitrogens is 1. The van der Waals surface area contributed by atoms with Crippen LogP contribution in [0.1, 0.15) is 32.6 Å². The summed E-state index contributed by atoms with van der Waals surface area (Å²) in [5, 5.41) is 0. The van der Waals surface area contributed by atoms with Crippen molar-refractivity contribution in [1.29, 1.82) is 0 Å². The SMILES string of the molecule is CCCCCC[n+]1csc2ccccc21.F[P-](F)(F)(F)(F)F. The van der Waals surface area contributed by atoms with Crippen molar-refractivity contribution in [1.82, 2.24) is 0 Å². The number of halogens is 6. The van der Waals surface area contributed by atoms with Crippen molar-refractivity contribution >= 4 is 29.4 Å². The monoisotopic (exact) mass is 365 g/mol. The molecule has 0 aliphatic heterocycles. The number of para-hydroxylation sites is 1. The number of fused-ring (bicyclic) bond motifs is 1. The molecule has 0 amide bonds. The fourth-order valence-corrected chi connectivity index (χ4v) is 2.78. The van der Waals surface area contributed by atoms with E-state index < -0.39 is 7.81 Å². The van der Waals surface area contributed by atoms with Crippen molar-refractivity contribution in [2.24, 2.45) is 0 Å². The van der Waals surface area contributed by atoms with Gasteiger partial charge in [0.05, 0.1) is 0 Å². The van der Waals surface area contributed by atoms with Crippen LogP contribution in [0.25, 0.3) is 10.2 Å². The van der Waals surface area contributed by atoms with E-state index in [1.807, 2.05) is 11.3 Å². The summed E-state index contributed by atoms with van der Waals surface area (Å²) >= 11 is 1.84. The minimum atomic E-state index is -10.7. The molecule has 0 saturated carbocycles. The Kier molecular flexibility index (Phi) is 5.50. The molecule has 1 nitrogen and oxygen atoms in total. The second-order valence-corrected chi connectivity index (χ2v) is 7.71. The average Bonchev–Trinajstić information content (AvgIpc) is 2.74. The van der Waals surface area contributed by atoms with Crippen LogP contribution in [-0.4, -0.2) is 0 Å². The van der Waals surface area contributed by atoms with Crippen LogP contribution in [-0.2, 0) is 6.54 Å². The normalized spacial score (nSPS) is 14.9. The van der Waals surface area contributed by atoms with Crippen molar-refractivity contribution in [2.75, 3.05) is 0 Å². The molecule has 0 atom stereocenters. The van der Waals surface area contributed by atoms with Gasteiger partial charge < -0.3 is 0 Å². The Morgan fingerprint density at radius 3 is 2.14 bits per heavy atom. The molecule has 0 bridgehead atoms. The molecule has 0 saturated heterocycles. The fourth-order valence-electron chi connectivity index (χ4n) is 1.85. The van der Waals surface area contributed by atoms with Crippen molar-refractivity contribution in [3.05, 3.63) is 29.8 Å². The van der Waals surface area contributed by atoms with Crippen LogP contribution in [0.15, 0.2) is 29.8 Å². The van der Waals surface area contributed by atoms with E-state index in [0.29, 0.717) is 0 Å². The summed E-state index contributed by atoms with van der Waals surface area (Å²) in [5.41, 5.74) is 3.63. The Balaban J connectivity index is 0.000000295. The predicted octanol–water partition coefficient (Wildman–Crippen LogP) is 7.15. The molecule has 0 fully saturated rings. The number of unbranched alkanes of at least 4 members (excludes halogenated alkanes) is 3. The van der Waals surface area contributed by atoms with E-state index >= 15 is 0 Å². The maximum atomic E-state index is 9.87. The molecule has 128 valence electrons. The van der Waals surface area contributed by atoms with Crippen molar-refractivity contribution in [3.63, 3.8) is 0 Å². The van der Waals surface area contributed by atoms with Crippen LogP contribution < -0.4 is 4.57 Å². The van der Waals surface area contributed by atoms with Gasteiger partial charge in [0.1, 0.15) is 11.2 Å². The Labute approximate surface area is 128 Å². The van der Waals surface area contributed by atoms with E-state index in [-0.39, 0.29) is 0 Å². The van der Waals surface area contributed by atoms with Crippen molar-refractivity contribution in [2.45, 2.75) is 39.2 Å². The van der Waals surface area contributed by atoms with Crippen LogP contribution in [0.2, 0.25) is 0 Å². The Morgan fingerprint density at radius 2 is 1.55 bits per heavy atom. The van der Waals surface area contributed by atoms with Crippen molar-refractivity contribution in [3.8, 4) is 0 Å². The maximum absolute atomic E-state index is 10.7. The summed E-state index contributed by atoms with van der Waals surface area (Å²) < 4.78 is 63.0. The van der Waals surface area contributed by atoms with Gasteiger partial charge in [0.15, 0.2) is 0 Å². The Hall–Kier alpha value is -0.880. The van der Waals surface area contributed by atoms with Gasteiger partial charge in [-0.15, -0.1) is 0 Å². The van der Waals surface area contributed by atoms with Crippen LogP contribution in [0.3, 0.4) is 0 Å². The summed E-state index contributed by atoms with van der Waals surface area (Å²) in [6, 6.07) is 8.64. The van der Waals surface area contributed by atoms with E-state index in [9.17, 15) is 25.2 Å². The number of thiazole rings is 1. The first kappa shape index (κ1) is 19.2. The summed E-state index contributed by atoms with van der Waals surface area (Å²) in [5.74, 6) is 0. The third kappa shape index (κ3) is 9.95. The molecule has 0 aliphatic carbocycles. The number of rotatable bonds is 5. The molecule has 1 aromatic heterocycles. The molecule has 0 spiro atoms. The van der Waals surface area contributed by atoms with Crippen LogP contribution in [0.4, 0.5) is 25.2 Å². The number of benzene rings is 1. The molecular weight excluding hydrogens is 347 g/mol. The zero-order valence-electron chi connectivity index (χ0n) is 12.0. The minimum absolute atomic E-state index is 1.17. The first-order valence-electron chi connectivity index (χ1n) is 6.79. The summed E-state index contributed by atoms with van der Waals surface area (Å²) in [6.45, 7) is 3.43. The Bertz CT molecular complexity index is 596. The van der Waals surface area contributed by atoms with Crippen molar-refractivity contribution < 1.29 is 29.7 Å². The molecule has 2 rings (SSSR count). The predicted molar refractivity (Wildman–Crippen MR) is 79.7 cm³/mol. The van der Waals surface area contributed by atoms with Gasteiger partial charge in [-0.2, -0.15) is 4.57 Å². The second-order valence-electron chi connectivity index (χ2n) is 4.90. The number of hydrogen-bond donors (Lipinski definition) is 0. The van der Waals surface area contributed by atoms with Gasteiger partial charge in [-0.1, -0.05) is 43.2 Å². The average molecular weight is 365 g/mol. The van der Waals surface area contributed by atoms with Gasteiger partial charge in [0, 0.05) is 12.5 Å². The van der Waals surface area contributed by atoms with Gasteiger partial charge in [0.25, 0.3) is 0 Å². The summed E-state index contributed by atoms with van der Waals surface area (Å²) in [7, 11) is -10.7. The van der Waals surface area contributed by atoms with E-state index in [0.717, 1.165) is 0 Å². The topological polar surface area (TPSA) is 3.88 Å². The van der Waals surface area contributed by atoms with Crippen LogP contribution in [0, 0.1) is 0 Å². The van der Waals surface area contributed by atoms with Gasteiger partial charge in [0.2, 0.25) is 11.0 Å². The molecule has 9 heteroatoms. The molecule has 0 radical (unpaired) electrons. The first-order chi connectivity index (χ1) is 9.86. The van der Waals surface area contributed by atoms with Gasteiger partial charge in [-0.25, -0.2) is 0 Å². The third-order valence-electron chi connectivity index (χ3n) is 2.73. The molecule has 0 unspecified atom stereocenters. The third-order valence-corrected chi connectivity index (χ3v) is 3.69. The van der Waals surface area contributed by atoms with Gasteiger partial charge >= 0.3 is 33.0 Å². The van der Waals surface area contributed by atoms with E-state index in [1.54, 1.807) is 0 Å². The van der Waals surface area contributed by atoms with E-state index in [4.69, 9.17) is 0 Å². The fraction of sp³-hybridized carbons (Fsp3) is 0.462. The number of hydrogen-bond acceptors (Lipinski definition) is 1. The molecule has 0 aliphatic rings. The number of aryl methyl sites for hydroxylation is 1. The van der Waals surface area contributed by atoms with Crippen LogP contribution in [0.5, 0.6) is 0 Å². The molecule has 22 heavy (non-hydrogen) atoms. The molecule has 2 aromatic rings. The zero-order chi connectivity index (χ0) is 16.9. The second kappa shape index (κ2) is 6.32. The standard InChI is InChI=1S/C13H18NS.F6P/c1-2-3-4-7-10-14-11-15-13-9-6-5-8-12(13)14;1-7(2,3,4,5)6/h5-6,8-9,11H,2-4,7,10H2,1H3;/q+1;-1. The van der Waals surface area contributed by atoms with Crippen LogP contribution >= 0.6 is 19.1 Å². The molecule has 1 heterocycles. The summed E-state index contributed by atoms with van der Waals surface area (Å²) in [4.78, 5) is 0. The Morgan fingerprint density at radius 1 is 0.955 bits per heavy atom. The summed E-state index contributed by atoms with van der Waals surface area (Å²) in [6.07, 6.45) is 5.34. The quantitative estimate of drug-likeness (QED) is 0.229. The molecular formula is C13H18F6NPS. The van der Waals surface area contributed by atoms with E-state index in [2.05, 4.69) is 41.3 Å². The zero-order valence-corrected chi connectivity index (χ0v) is 13.7. The number of nitrogens with zero attached hydrogens (tertiary/aromatic N) is 1. The molecule has 1 aromatic carbocycles. The van der Waals surface area contributed by atoms with E-state index in [1.165, 1.54) is 42.4 Å². The molecule has 0 N–H and O–H groups in total. The van der Waals surface area contributed by atoms with Gasteiger partial charge in [-0.05, 0) is 12.5 Å². The first-order valence-corrected chi connectivity index (χ1v) is 9.69.